The normalized spacial score (nSPS) is 12.0. The first-order valence-corrected chi connectivity index (χ1v) is 5.73. The number of fused-ring (bicyclic) bond motifs is 1. The van der Waals surface area contributed by atoms with Crippen molar-refractivity contribution in [2.24, 2.45) is 5.73 Å². The average molecular weight is 213 g/mol. The highest BCUT2D eigenvalue weighted by Gasteiger charge is 2.13. The van der Waals surface area contributed by atoms with E-state index in [1.54, 1.807) is 0 Å². The molecule has 0 fully saturated rings. The van der Waals surface area contributed by atoms with Gasteiger partial charge >= 0.3 is 0 Å². The van der Waals surface area contributed by atoms with Crippen LogP contribution in [-0.4, -0.2) is 5.54 Å². The van der Waals surface area contributed by atoms with Gasteiger partial charge < -0.3 is 5.73 Å². The fourth-order valence-electron chi connectivity index (χ4n) is 2.16. The molecule has 0 spiro atoms. The quantitative estimate of drug-likeness (QED) is 0.812. The van der Waals surface area contributed by atoms with Gasteiger partial charge in [0.15, 0.2) is 0 Å². The van der Waals surface area contributed by atoms with Gasteiger partial charge in [-0.15, -0.1) is 0 Å². The molecule has 1 heteroatoms. The molecule has 0 radical (unpaired) electrons. The van der Waals surface area contributed by atoms with Gasteiger partial charge in [-0.3, -0.25) is 0 Å². The van der Waals surface area contributed by atoms with E-state index in [0.717, 1.165) is 6.42 Å². The molecule has 2 aromatic rings. The molecule has 1 nitrogen and oxygen atoms in total. The van der Waals surface area contributed by atoms with E-state index in [4.69, 9.17) is 5.73 Å². The predicted molar refractivity (Wildman–Crippen MR) is 70.7 cm³/mol. The summed E-state index contributed by atoms with van der Waals surface area (Å²) in [6.45, 7) is 6.29. The fourth-order valence-corrected chi connectivity index (χ4v) is 2.16. The zero-order valence-electron chi connectivity index (χ0n) is 10.2. The van der Waals surface area contributed by atoms with Gasteiger partial charge in [-0.2, -0.15) is 0 Å². The first-order valence-electron chi connectivity index (χ1n) is 5.73. The Kier molecular flexibility index (Phi) is 2.73. The van der Waals surface area contributed by atoms with Crippen LogP contribution in [0.25, 0.3) is 10.8 Å². The maximum Gasteiger partial charge on any atom is 0.0138 e. The third kappa shape index (κ3) is 2.25. The molecule has 0 aliphatic carbocycles. The van der Waals surface area contributed by atoms with Crippen molar-refractivity contribution in [2.45, 2.75) is 32.7 Å². The van der Waals surface area contributed by atoms with Crippen molar-refractivity contribution >= 4 is 10.8 Å². The predicted octanol–water partition coefficient (Wildman–Crippen LogP) is 3.43. The Morgan fingerprint density at radius 2 is 1.62 bits per heavy atom. The van der Waals surface area contributed by atoms with Crippen LogP contribution in [0.1, 0.15) is 25.0 Å². The SMILES string of the molecule is Cc1ccc(CC(C)(C)N)c2ccccc12. The highest BCUT2D eigenvalue weighted by atomic mass is 14.7. The van der Waals surface area contributed by atoms with Crippen molar-refractivity contribution in [3.8, 4) is 0 Å². The molecule has 0 saturated heterocycles. The minimum atomic E-state index is -0.155. The molecule has 16 heavy (non-hydrogen) atoms. The number of aryl methyl sites for hydroxylation is 1. The molecule has 0 aliphatic rings. The highest BCUT2D eigenvalue weighted by Crippen LogP contribution is 2.24. The van der Waals surface area contributed by atoms with Gasteiger partial charge in [-0.1, -0.05) is 36.4 Å². The summed E-state index contributed by atoms with van der Waals surface area (Å²) >= 11 is 0. The molecule has 2 N–H and O–H groups in total. The lowest BCUT2D eigenvalue weighted by atomic mass is 9.91. The summed E-state index contributed by atoms with van der Waals surface area (Å²) in [5, 5.41) is 2.67. The topological polar surface area (TPSA) is 26.0 Å². The van der Waals surface area contributed by atoms with Gasteiger partial charge in [-0.25, -0.2) is 0 Å². The van der Waals surface area contributed by atoms with Crippen LogP contribution in [0.4, 0.5) is 0 Å². The monoisotopic (exact) mass is 213 g/mol. The Labute approximate surface area is 97.3 Å². The average Bonchev–Trinajstić information content (AvgIpc) is 2.21. The first kappa shape index (κ1) is 11.2. The van der Waals surface area contributed by atoms with Crippen molar-refractivity contribution in [1.29, 1.82) is 0 Å². The van der Waals surface area contributed by atoms with Crippen LogP contribution in [0.3, 0.4) is 0 Å². The standard InChI is InChI=1S/C15H19N/c1-11-8-9-12(10-15(2,3)16)14-7-5-4-6-13(11)14/h4-9H,10,16H2,1-3H3. The lowest BCUT2D eigenvalue weighted by Gasteiger charge is -2.20. The Hall–Kier alpha value is -1.34. The number of nitrogens with two attached hydrogens (primary N) is 1. The second-order valence-electron chi connectivity index (χ2n) is 5.25. The number of hydrogen-bond donors (Lipinski definition) is 1. The minimum Gasteiger partial charge on any atom is -0.325 e. The summed E-state index contributed by atoms with van der Waals surface area (Å²) < 4.78 is 0. The lowest BCUT2D eigenvalue weighted by Crippen LogP contribution is -2.34. The third-order valence-electron chi connectivity index (χ3n) is 2.88. The third-order valence-corrected chi connectivity index (χ3v) is 2.88. The van der Waals surface area contributed by atoms with E-state index < -0.39 is 0 Å². The Bertz CT molecular complexity index is 506. The molecule has 0 bridgehead atoms. The van der Waals surface area contributed by atoms with Crippen LogP contribution < -0.4 is 5.73 Å². The molecule has 0 heterocycles. The smallest absolute Gasteiger partial charge is 0.0138 e. The van der Waals surface area contributed by atoms with E-state index in [1.807, 2.05) is 0 Å². The van der Waals surface area contributed by atoms with Crippen molar-refractivity contribution in [2.75, 3.05) is 0 Å². The van der Waals surface area contributed by atoms with Gasteiger partial charge in [0.2, 0.25) is 0 Å². The molecular weight excluding hydrogens is 194 g/mol. The molecule has 0 saturated carbocycles. The maximum absolute atomic E-state index is 6.10. The first-order chi connectivity index (χ1) is 7.47. The molecule has 0 amide bonds. The molecular formula is C15H19N. The van der Waals surface area contributed by atoms with Crippen LogP contribution in [0, 0.1) is 6.92 Å². The summed E-state index contributed by atoms with van der Waals surface area (Å²) in [5.41, 5.74) is 8.61. The lowest BCUT2D eigenvalue weighted by molar-refractivity contribution is 0.518. The maximum atomic E-state index is 6.10. The summed E-state index contributed by atoms with van der Waals surface area (Å²) in [5.74, 6) is 0. The number of rotatable bonds is 2. The van der Waals surface area contributed by atoms with Gasteiger partial charge in [-0.05, 0) is 49.1 Å². The molecule has 2 aromatic carbocycles. The molecule has 0 aliphatic heterocycles. The van der Waals surface area contributed by atoms with Crippen LogP contribution in [0.15, 0.2) is 36.4 Å². The van der Waals surface area contributed by atoms with Gasteiger partial charge in [0, 0.05) is 5.54 Å². The van der Waals surface area contributed by atoms with E-state index in [2.05, 4.69) is 57.2 Å². The molecule has 84 valence electrons. The molecule has 0 atom stereocenters. The minimum absolute atomic E-state index is 0.155. The molecule has 0 unspecified atom stereocenters. The van der Waals surface area contributed by atoms with E-state index in [9.17, 15) is 0 Å². The van der Waals surface area contributed by atoms with E-state index in [1.165, 1.54) is 21.9 Å². The van der Waals surface area contributed by atoms with Crippen molar-refractivity contribution in [3.05, 3.63) is 47.5 Å². The summed E-state index contributed by atoms with van der Waals surface area (Å²) in [6.07, 6.45) is 0.911. The van der Waals surface area contributed by atoms with E-state index in [-0.39, 0.29) is 5.54 Å². The van der Waals surface area contributed by atoms with Crippen molar-refractivity contribution in [3.63, 3.8) is 0 Å². The molecule has 2 rings (SSSR count). The van der Waals surface area contributed by atoms with Gasteiger partial charge in [0.05, 0.1) is 0 Å². The number of hydrogen-bond acceptors (Lipinski definition) is 1. The van der Waals surface area contributed by atoms with Crippen LogP contribution in [-0.2, 0) is 6.42 Å². The molecule has 0 aromatic heterocycles. The van der Waals surface area contributed by atoms with Gasteiger partial charge in [0.25, 0.3) is 0 Å². The summed E-state index contributed by atoms with van der Waals surface area (Å²) in [4.78, 5) is 0. The van der Waals surface area contributed by atoms with Crippen LogP contribution in [0.5, 0.6) is 0 Å². The van der Waals surface area contributed by atoms with Crippen LogP contribution >= 0.6 is 0 Å². The fraction of sp³-hybridized carbons (Fsp3) is 0.333. The second-order valence-corrected chi connectivity index (χ2v) is 5.25. The summed E-state index contributed by atoms with van der Waals surface area (Å²) in [7, 11) is 0. The van der Waals surface area contributed by atoms with Crippen molar-refractivity contribution in [1.82, 2.24) is 0 Å². The largest absolute Gasteiger partial charge is 0.325 e. The second kappa shape index (κ2) is 3.91. The Morgan fingerprint density at radius 1 is 1.00 bits per heavy atom. The Balaban J connectivity index is 2.59. The van der Waals surface area contributed by atoms with E-state index in [0.29, 0.717) is 0 Å². The zero-order chi connectivity index (χ0) is 11.8. The van der Waals surface area contributed by atoms with Gasteiger partial charge in [0.1, 0.15) is 0 Å². The van der Waals surface area contributed by atoms with Crippen LogP contribution in [0.2, 0.25) is 0 Å². The Morgan fingerprint density at radius 3 is 2.25 bits per heavy atom. The highest BCUT2D eigenvalue weighted by molar-refractivity contribution is 5.88. The summed E-state index contributed by atoms with van der Waals surface area (Å²) in [6, 6.07) is 12.9. The van der Waals surface area contributed by atoms with E-state index >= 15 is 0 Å². The number of benzene rings is 2. The van der Waals surface area contributed by atoms with Crippen molar-refractivity contribution < 1.29 is 0 Å². The zero-order valence-corrected chi connectivity index (χ0v) is 10.2.